The van der Waals surface area contributed by atoms with Gasteiger partial charge in [0.05, 0.1) is 6.10 Å². The lowest BCUT2D eigenvalue weighted by Crippen LogP contribution is -2.35. The van der Waals surface area contributed by atoms with Crippen molar-refractivity contribution in [2.45, 2.75) is 63.8 Å². The molecule has 0 saturated heterocycles. The highest BCUT2D eigenvalue weighted by Crippen LogP contribution is 2.54. The number of phosphoric acid groups is 1. The topological polar surface area (TPSA) is 144 Å². The van der Waals surface area contributed by atoms with Crippen molar-refractivity contribution in [1.29, 1.82) is 0 Å². The van der Waals surface area contributed by atoms with E-state index in [1.807, 2.05) is 111 Å². The molecular weight excluding hydrogens is 886 g/mol. The Morgan fingerprint density at radius 3 is 1.64 bits per heavy atom. The van der Waals surface area contributed by atoms with Gasteiger partial charge in [-0.25, -0.2) is 18.9 Å². The number of ether oxygens (including phenoxy) is 3. The monoisotopic (exact) mass is 930 g/mol. The first-order chi connectivity index (χ1) is 28.5. The average Bonchev–Trinajstić information content (AvgIpc) is 3.73. The minimum absolute atomic E-state index is 0.0742. The summed E-state index contributed by atoms with van der Waals surface area (Å²) in [6.07, 6.45) is -2.04. The van der Waals surface area contributed by atoms with Crippen molar-refractivity contribution in [3.63, 3.8) is 0 Å². The minimum atomic E-state index is -5.21. The van der Waals surface area contributed by atoms with Gasteiger partial charge in [0.1, 0.15) is 25.4 Å². The highest BCUT2D eigenvalue weighted by atomic mass is 127. The van der Waals surface area contributed by atoms with Gasteiger partial charge in [-0.1, -0.05) is 130 Å². The molecule has 0 unspecified atom stereocenters. The first-order valence-electron chi connectivity index (χ1n) is 19.5. The van der Waals surface area contributed by atoms with E-state index in [4.69, 9.17) is 27.8 Å². The summed E-state index contributed by atoms with van der Waals surface area (Å²) < 4.78 is 50.9. The molecule has 0 fully saturated rings. The summed E-state index contributed by atoms with van der Waals surface area (Å²) in [6, 6.07) is 31.1. The molecule has 11 nitrogen and oxygen atoms in total. The smallest absolute Gasteiger partial charge is 0.458 e. The lowest BCUT2D eigenvalue weighted by molar-refractivity contribution is -0.149. The zero-order valence-electron chi connectivity index (χ0n) is 32.7. The number of rotatable bonds is 14. The molecule has 13 heteroatoms. The molecule has 2 aliphatic carbocycles. The third-order valence-corrected chi connectivity index (χ3v) is 12.9. The van der Waals surface area contributed by atoms with Gasteiger partial charge in [0.15, 0.2) is 0 Å². The van der Waals surface area contributed by atoms with Crippen LogP contribution < -0.4 is 0 Å². The van der Waals surface area contributed by atoms with Crippen LogP contribution in [0.1, 0.15) is 67.7 Å². The zero-order chi connectivity index (χ0) is 41.7. The second kappa shape index (κ2) is 18.6. The number of carbonyl (C=O) groups excluding carboxylic acids is 3. The number of benzene rings is 4. The minimum Gasteiger partial charge on any atom is -0.458 e. The fourth-order valence-corrected chi connectivity index (χ4v) is 9.83. The molecule has 306 valence electrons. The van der Waals surface area contributed by atoms with Crippen LogP contribution >= 0.6 is 30.4 Å². The Morgan fingerprint density at radius 2 is 1.20 bits per heavy atom. The molecule has 3 aliphatic rings. The molecule has 0 saturated carbocycles. The fourth-order valence-electron chi connectivity index (χ4n) is 8.29. The van der Waals surface area contributed by atoms with Crippen molar-refractivity contribution in [2.24, 2.45) is 17.8 Å². The Labute approximate surface area is 357 Å². The van der Waals surface area contributed by atoms with Gasteiger partial charge in [0, 0.05) is 52.3 Å². The van der Waals surface area contributed by atoms with Crippen LogP contribution in [0.15, 0.2) is 109 Å². The summed E-state index contributed by atoms with van der Waals surface area (Å²) >= 11 is 1.79. The maximum absolute atomic E-state index is 14.7. The quantitative estimate of drug-likeness (QED) is 0.0424. The van der Waals surface area contributed by atoms with E-state index >= 15 is 0 Å². The number of hydrogen-bond donors (Lipinski definition) is 1. The molecule has 0 bridgehead atoms. The van der Waals surface area contributed by atoms with Crippen molar-refractivity contribution in [1.82, 2.24) is 0 Å². The normalized spacial score (nSPS) is 18.7. The molecule has 6 atom stereocenters. The average molecular weight is 931 g/mol. The van der Waals surface area contributed by atoms with Crippen molar-refractivity contribution < 1.29 is 51.8 Å². The van der Waals surface area contributed by atoms with Gasteiger partial charge < -0.3 is 28.4 Å². The van der Waals surface area contributed by atoms with Crippen LogP contribution in [0.5, 0.6) is 0 Å². The Balaban J connectivity index is 1.11. The number of aliphatic hydroxyl groups excluding tert-OH is 1. The van der Waals surface area contributed by atoms with E-state index in [9.17, 15) is 24.1 Å². The second-order valence-corrected chi connectivity index (χ2v) is 17.1. The molecule has 59 heavy (non-hydrogen) atoms. The fraction of sp³-hybridized carbons (Fsp3) is 0.326. The molecule has 1 N–H and O–H groups in total. The number of halogens is 1. The molecule has 4 aromatic carbocycles. The third kappa shape index (κ3) is 9.44. The van der Waals surface area contributed by atoms with E-state index in [1.54, 1.807) is 35.6 Å². The third-order valence-electron chi connectivity index (χ3n) is 11.4. The number of cyclic esters (lactones) is 1. The van der Waals surface area contributed by atoms with Gasteiger partial charge in [-0.3, -0.25) is 4.52 Å². The van der Waals surface area contributed by atoms with Crippen LogP contribution in [-0.2, 0) is 37.1 Å². The Kier molecular flexibility index (Phi) is 13.3. The SMILES string of the molecule is C[C@H]([C@H](CC[C@H](C)[C@@H]1OC(=O)C=C[C@@H]1C)OP(=O)(OC(=O)OCC1c2ccccc2-c2ccccc21)OC(=O)OCC1c2ccccc2-c2ccccc21)[C@@H](O)C#CI. The van der Waals surface area contributed by atoms with Crippen LogP contribution in [0.4, 0.5) is 9.59 Å². The summed E-state index contributed by atoms with van der Waals surface area (Å²) in [5.74, 6) is 0.407. The van der Waals surface area contributed by atoms with Crippen LogP contribution in [0.2, 0.25) is 0 Å². The van der Waals surface area contributed by atoms with E-state index < -0.39 is 50.3 Å². The van der Waals surface area contributed by atoms with Crippen LogP contribution in [0.25, 0.3) is 22.3 Å². The number of aliphatic hydroxyl groups is 1. The van der Waals surface area contributed by atoms with Gasteiger partial charge in [-0.05, 0) is 67.2 Å². The summed E-state index contributed by atoms with van der Waals surface area (Å²) in [4.78, 5) is 39.2. The lowest BCUT2D eigenvalue weighted by Gasteiger charge is -2.32. The van der Waals surface area contributed by atoms with Gasteiger partial charge in [-0.2, -0.15) is 0 Å². The molecule has 0 spiro atoms. The summed E-state index contributed by atoms with van der Waals surface area (Å²) in [5.41, 5.74) is 7.79. The predicted molar refractivity (Wildman–Crippen MR) is 228 cm³/mol. The molecule has 0 amide bonds. The number of phosphoric ester groups is 1. The van der Waals surface area contributed by atoms with Gasteiger partial charge in [0.2, 0.25) is 0 Å². The molecule has 4 aromatic rings. The number of fused-ring (bicyclic) bond motifs is 6. The van der Waals surface area contributed by atoms with Gasteiger partial charge in [-0.15, -0.1) is 0 Å². The predicted octanol–water partition coefficient (Wildman–Crippen LogP) is 10.3. The van der Waals surface area contributed by atoms with Gasteiger partial charge >= 0.3 is 26.1 Å². The number of carbonyl (C=O) groups is 3. The largest absolute Gasteiger partial charge is 0.597 e. The van der Waals surface area contributed by atoms with E-state index in [-0.39, 0.29) is 43.3 Å². The van der Waals surface area contributed by atoms with Crippen molar-refractivity contribution >= 4 is 48.7 Å². The lowest BCUT2D eigenvalue weighted by atomic mass is 9.85. The highest BCUT2D eigenvalue weighted by molar-refractivity contribution is 14.1. The van der Waals surface area contributed by atoms with Crippen LogP contribution in [0, 0.1) is 27.6 Å². The maximum atomic E-state index is 14.7. The van der Waals surface area contributed by atoms with E-state index in [2.05, 4.69) is 9.85 Å². The molecule has 1 aliphatic heterocycles. The standard InChI is InChI=1S/C46H44IO11P/c1-28(44-29(2)21-23-43(49)55-44)20-22-42(30(3)41(48)24-25-47)56-59(52,57-45(50)53-26-39-35-16-8-4-12-31(35)32-13-5-9-17-36(32)39)58-46(51)54-27-40-37-18-10-6-14-33(37)34-15-7-11-19-38(34)40/h4-19,21,23,28-30,39-42,44,48H,20,22,26-27H2,1-3H3/t28-,29-,30-,41-,42-,44-/m0/s1. The van der Waals surface area contributed by atoms with Gasteiger partial charge in [0.25, 0.3) is 0 Å². The van der Waals surface area contributed by atoms with E-state index in [1.165, 1.54) is 6.08 Å². The highest BCUT2D eigenvalue weighted by Gasteiger charge is 2.44. The first kappa shape index (κ1) is 42.2. The molecule has 1 heterocycles. The summed E-state index contributed by atoms with van der Waals surface area (Å²) in [5, 5.41) is 11.0. The first-order valence-corrected chi connectivity index (χ1v) is 22.1. The van der Waals surface area contributed by atoms with Crippen LogP contribution in [-0.4, -0.2) is 54.9 Å². The zero-order valence-corrected chi connectivity index (χ0v) is 35.7. The summed E-state index contributed by atoms with van der Waals surface area (Å²) in [6.45, 7) is 5.10. The maximum Gasteiger partial charge on any atom is 0.597 e. The number of esters is 1. The van der Waals surface area contributed by atoms with Crippen molar-refractivity contribution in [2.75, 3.05) is 13.2 Å². The second-order valence-electron chi connectivity index (χ2n) is 15.1. The Bertz CT molecular complexity index is 2140. The Morgan fingerprint density at radius 1 is 0.763 bits per heavy atom. The molecule has 0 aromatic heterocycles. The molecule has 7 rings (SSSR count). The van der Waals surface area contributed by atoms with Crippen LogP contribution in [0.3, 0.4) is 0 Å². The summed E-state index contributed by atoms with van der Waals surface area (Å²) in [7, 11) is -5.21. The molecular formula is C46H44IO11P. The Hall–Kier alpha value is -4.93. The van der Waals surface area contributed by atoms with E-state index in [0.717, 1.165) is 44.5 Å². The number of hydrogen-bond acceptors (Lipinski definition) is 11. The van der Waals surface area contributed by atoms with E-state index in [0.29, 0.717) is 6.42 Å². The molecule has 0 radical (unpaired) electrons. The van der Waals surface area contributed by atoms with Crippen molar-refractivity contribution in [3.05, 3.63) is 131 Å². The van der Waals surface area contributed by atoms with Crippen molar-refractivity contribution in [3.8, 4) is 32.1 Å².